The second kappa shape index (κ2) is 6.53. The van der Waals surface area contributed by atoms with E-state index in [1.807, 2.05) is 0 Å². The van der Waals surface area contributed by atoms with E-state index in [1.54, 1.807) is 18.2 Å². The lowest BCUT2D eigenvalue weighted by Crippen LogP contribution is -2.40. The maximum atomic E-state index is 12.5. The van der Waals surface area contributed by atoms with Crippen LogP contribution in [-0.4, -0.2) is 44.9 Å². The molecule has 1 saturated heterocycles. The van der Waals surface area contributed by atoms with Gasteiger partial charge in [0.15, 0.2) is 0 Å². The third-order valence-corrected chi connectivity index (χ3v) is 5.42. The summed E-state index contributed by atoms with van der Waals surface area (Å²) in [5.74, 6) is -0.317. The highest BCUT2D eigenvalue weighted by molar-refractivity contribution is 7.89. The van der Waals surface area contributed by atoms with Gasteiger partial charge in [0.25, 0.3) is 5.91 Å². The van der Waals surface area contributed by atoms with Crippen LogP contribution in [0.3, 0.4) is 0 Å². The van der Waals surface area contributed by atoms with Crippen molar-refractivity contribution >= 4 is 21.6 Å². The van der Waals surface area contributed by atoms with Crippen LogP contribution in [0, 0.1) is 0 Å². The van der Waals surface area contributed by atoms with Crippen molar-refractivity contribution in [3.8, 4) is 0 Å². The molecule has 2 aromatic rings. The Morgan fingerprint density at radius 1 is 1.09 bits per heavy atom. The number of amides is 1. The van der Waals surface area contributed by atoms with Gasteiger partial charge in [-0.1, -0.05) is 0 Å². The molecule has 8 heteroatoms. The van der Waals surface area contributed by atoms with Crippen molar-refractivity contribution in [1.29, 1.82) is 0 Å². The lowest BCUT2D eigenvalue weighted by Gasteiger charge is -2.26. The molecule has 0 unspecified atom stereocenters. The highest BCUT2D eigenvalue weighted by Crippen LogP contribution is 2.19. The molecule has 2 heterocycles. The molecule has 0 atom stereocenters. The first-order valence-corrected chi connectivity index (χ1v) is 8.53. The SMILES string of the molecule is O=C(Nc1ccc(S(=O)(=O)N2CCOCC2)cc1)c1ccoc1. The molecule has 1 amide bonds. The largest absolute Gasteiger partial charge is 0.472 e. The summed E-state index contributed by atoms with van der Waals surface area (Å²) in [6.45, 7) is 1.50. The summed E-state index contributed by atoms with van der Waals surface area (Å²) in [7, 11) is -3.52. The van der Waals surface area contributed by atoms with Gasteiger partial charge in [0.05, 0.1) is 29.9 Å². The molecule has 1 aliphatic heterocycles. The highest BCUT2D eigenvalue weighted by atomic mass is 32.2. The molecule has 0 saturated carbocycles. The Morgan fingerprint density at radius 3 is 2.39 bits per heavy atom. The average Bonchev–Trinajstić information content (AvgIpc) is 3.11. The molecule has 1 fully saturated rings. The van der Waals surface area contributed by atoms with E-state index in [9.17, 15) is 13.2 Å². The molecular formula is C15H16N2O5S. The molecule has 0 spiro atoms. The fraction of sp³-hybridized carbons (Fsp3) is 0.267. The van der Waals surface area contributed by atoms with E-state index in [0.717, 1.165) is 0 Å². The summed E-state index contributed by atoms with van der Waals surface area (Å²) in [6, 6.07) is 7.63. The standard InChI is InChI=1S/C15H16N2O5S/c18-15(12-5-8-22-11-12)16-13-1-3-14(4-2-13)23(19,20)17-6-9-21-10-7-17/h1-5,8,11H,6-7,9-10H2,(H,16,18). The maximum absolute atomic E-state index is 12.5. The van der Waals surface area contributed by atoms with E-state index in [2.05, 4.69) is 5.32 Å². The van der Waals surface area contributed by atoms with E-state index in [0.29, 0.717) is 37.6 Å². The molecule has 3 rings (SSSR count). The lowest BCUT2D eigenvalue weighted by molar-refractivity contribution is 0.0730. The van der Waals surface area contributed by atoms with E-state index < -0.39 is 10.0 Å². The average molecular weight is 336 g/mol. The summed E-state index contributed by atoms with van der Waals surface area (Å²) in [6.07, 6.45) is 2.75. The van der Waals surface area contributed by atoms with Gasteiger partial charge in [-0.2, -0.15) is 4.31 Å². The second-order valence-electron chi connectivity index (χ2n) is 5.01. The third-order valence-electron chi connectivity index (χ3n) is 3.50. The number of carbonyl (C=O) groups is 1. The van der Waals surface area contributed by atoms with Gasteiger partial charge < -0.3 is 14.5 Å². The first kappa shape index (κ1) is 15.7. The molecule has 122 valence electrons. The molecule has 7 nitrogen and oxygen atoms in total. The summed E-state index contributed by atoms with van der Waals surface area (Å²) in [5.41, 5.74) is 0.909. The van der Waals surface area contributed by atoms with Crippen LogP contribution in [0.25, 0.3) is 0 Å². The van der Waals surface area contributed by atoms with Crippen molar-refractivity contribution in [3.63, 3.8) is 0 Å². The molecule has 0 bridgehead atoms. The van der Waals surface area contributed by atoms with Crippen LogP contribution in [0.1, 0.15) is 10.4 Å². The van der Waals surface area contributed by atoms with Gasteiger partial charge in [0.1, 0.15) is 6.26 Å². The fourth-order valence-corrected chi connectivity index (χ4v) is 3.65. The lowest BCUT2D eigenvalue weighted by atomic mass is 10.3. The predicted octanol–water partition coefficient (Wildman–Crippen LogP) is 1.55. The number of morpholine rings is 1. The zero-order valence-corrected chi connectivity index (χ0v) is 13.1. The van der Waals surface area contributed by atoms with Crippen LogP contribution >= 0.6 is 0 Å². The Morgan fingerprint density at radius 2 is 1.78 bits per heavy atom. The number of nitrogens with zero attached hydrogens (tertiary/aromatic N) is 1. The number of carbonyl (C=O) groups excluding carboxylic acids is 1. The zero-order valence-electron chi connectivity index (χ0n) is 12.3. The Labute approximate surface area is 133 Å². The maximum Gasteiger partial charge on any atom is 0.258 e. The smallest absolute Gasteiger partial charge is 0.258 e. The van der Waals surface area contributed by atoms with Gasteiger partial charge in [0.2, 0.25) is 10.0 Å². The Kier molecular flexibility index (Phi) is 4.46. The molecular weight excluding hydrogens is 320 g/mol. The highest BCUT2D eigenvalue weighted by Gasteiger charge is 2.26. The minimum atomic E-state index is -3.52. The number of anilines is 1. The number of hydrogen-bond donors (Lipinski definition) is 1. The minimum Gasteiger partial charge on any atom is -0.472 e. The van der Waals surface area contributed by atoms with Crippen molar-refractivity contribution < 1.29 is 22.4 Å². The summed E-state index contributed by atoms with van der Waals surface area (Å²) < 4.78 is 36.4. The summed E-state index contributed by atoms with van der Waals surface area (Å²) in [5, 5.41) is 2.68. The number of ether oxygens (including phenoxy) is 1. The molecule has 1 N–H and O–H groups in total. The van der Waals surface area contributed by atoms with Crippen LogP contribution < -0.4 is 5.32 Å². The van der Waals surface area contributed by atoms with Crippen molar-refractivity contribution in [2.24, 2.45) is 0 Å². The molecule has 1 aromatic heterocycles. The Balaban J connectivity index is 1.72. The van der Waals surface area contributed by atoms with Crippen LogP contribution in [-0.2, 0) is 14.8 Å². The van der Waals surface area contributed by atoms with Crippen molar-refractivity contribution in [1.82, 2.24) is 4.31 Å². The number of furan rings is 1. The number of rotatable bonds is 4. The summed E-state index contributed by atoms with van der Waals surface area (Å²) >= 11 is 0. The monoisotopic (exact) mass is 336 g/mol. The van der Waals surface area contributed by atoms with Crippen LogP contribution in [0.5, 0.6) is 0 Å². The van der Waals surface area contributed by atoms with Crippen LogP contribution in [0.4, 0.5) is 5.69 Å². The van der Waals surface area contributed by atoms with E-state index in [1.165, 1.54) is 29.0 Å². The van der Waals surface area contributed by atoms with E-state index in [-0.39, 0.29) is 10.8 Å². The molecule has 1 aromatic carbocycles. The van der Waals surface area contributed by atoms with Gasteiger partial charge in [0, 0.05) is 18.8 Å². The van der Waals surface area contributed by atoms with Crippen molar-refractivity contribution in [2.75, 3.05) is 31.6 Å². The Hall–Kier alpha value is -2.16. The first-order valence-electron chi connectivity index (χ1n) is 7.09. The normalized spacial score (nSPS) is 16.2. The number of nitrogens with one attached hydrogen (secondary N) is 1. The quantitative estimate of drug-likeness (QED) is 0.915. The molecule has 1 aliphatic rings. The molecule has 0 aliphatic carbocycles. The van der Waals surface area contributed by atoms with Crippen LogP contribution in [0.2, 0.25) is 0 Å². The minimum absolute atomic E-state index is 0.195. The van der Waals surface area contributed by atoms with Gasteiger partial charge in [-0.3, -0.25) is 4.79 Å². The van der Waals surface area contributed by atoms with E-state index >= 15 is 0 Å². The first-order chi connectivity index (χ1) is 11.1. The predicted molar refractivity (Wildman–Crippen MR) is 82.7 cm³/mol. The van der Waals surface area contributed by atoms with Gasteiger partial charge in [-0.05, 0) is 30.3 Å². The Bertz CT molecular complexity index is 763. The van der Waals surface area contributed by atoms with Crippen LogP contribution in [0.15, 0.2) is 52.2 Å². The van der Waals surface area contributed by atoms with Crippen molar-refractivity contribution in [2.45, 2.75) is 4.90 Å². The zero-order chi connectivity index (χ0) is 16.3. The summed E-state index contributed by atoms with van der Waals surface area (Å²) in [4.78, 5) is 12.1. The second-order valence-corrected chi connectivity index (χ2v) is 6.94. The molecule has 23 heavy (non-hydrogen) atoms. The molecule has 0 radical (unpaired) electrons. The van der Waals surface area contributed by atoms with Gasteiger partial charge >= 0.3 is 0 Å². The third kappa shape index (κ3) is 3.44. The van der Waals surface area contributed by atoms with Crippen molar-refractivity contribution in [3.05, 3.63) is 48.4 Å². The number of sulfonamides is 1. The van der Waals surface area contributed by atoms with E-state index in [4.69, 9.17) is 9.15 Å². The fourth-order valence-electron chi connectivity index (χ4n) is 2.24. The van der Waals surface area contributed by atoms with Gasteiger partial charge in [-0.25, -0.2) is 8.42 Å². The van der Waals surface area contributed by atoms with Gasteiger partial charge in [-0.15, -0.1) is 0 Å². The topological polar surface area (TPSA) is 88.9 Å². The number of benzene rings is 1. The number of hydrogen-bond acceptors (Lipinski definition) is 5.